The lowest BCUT2D eigenvalue weighted by atomic mass is 10.2. The van der Waals surface area contributed by atoms with E-state index in [-0.39, 0.29) is 18.6 Å². The first-order valence-corrected chi connectivity index (χ1v) is 4.47. The van der Waals surface area contributed by atoms with Gasteiger partial charge in [0.2, 0.25) is 0 Å². The summed E-state index contributed by atoms with van der Waals surface area (Å²) in [5.74, 6) is -0.388. The molecular formula is C9H10N2O4. The number of aliphatic carboxylic acids is 1. The molecule has 2 N–H and O–H groups in total. The van der Waals surface area contributed by atoms with Crippen molar-refractivity contribution in [3.05, 3.63) is 24.2 Å². The molecule has 6 nitrogen and oxygen atoms in total. The molecule has 0 spiro atoms. The number of carbonyl (C=O) groups is 2. The molecule has 2 heterocycles. The third kappa shape index (κ3) is 1.93. The maximum atomic E-state index is 11.3. The van der Waals surface area contributed by atoms with Gasteiger partial charge in [-0.3, -0.25) is 4.79 Å². The Morgan fingerprint density at radius 3 is 3.13 bits per heavy atom. The van der Waals surface area contributed by atoms with Crippen molar-refractivity contribution in [1.82, 2.24) is 10.2 Å². The van der Waals surface area contributed by atoms with Crippen LogP contribution in [0.25, 0.3) is 0 Å². The van der Waals surface area contributed by atoms with Crippen molar-refractivity contribution >= 4 is 12.0 Å². The maximum Gasteiger partial charge on any atom is 0.323 e. The molecule has 1 fully saturated rings. The predicted molar refractivity (Wildman–Crippen MR) is 49.2 cm³/mol. The van der Waals surface area contributed by atoms with Crippen molar-refractivity contribution in [2.24, 2.45) is 0 Å². The second kappa shape index (κ2) is 3.64. The van der Waals surface area contributed by atoms with Crippen LogP contribution in [0.4, 0.5) is 4.79 Å². The lowest BCUT2D eigenvalue weighted by Gasteiger charge is -2.10. The van der Waals surface area contributed by atoms with Crippen LogP contribution in [-0.4, -0.2) is 35.1 Å². The fourth-order valence-corrected chi connectivity index (χ4v) is 1.54. The van der Waals surface area contributed by atoms with Crippen LogP contribution in [0.1, 0.15) is 11.8 Å². The van der Waals surface area contributed by atoms with E-state index in [1.807, 2.05) is 0 Å². The molecule has 1 aromatic heterocycles. The molecule has 1 atom stereocenters. The molecule has 1 aliphatic heterocycles. The Morgan fingerprint density at radius 2 is 2.53 bits per heavy atom. The summed E-state index contributed by atoms with van der Waals surface area (Å²) in [6.07, 6.45) is 1.52. The van der Waals surface area contributed by atoms with Gasteiger partial charge in [-0.15, -0.1) is 0 Å². The zero-order chi connectivity index (χ0) is 10.8. The lowest BCUT2D eigenvalue weighted by molar-refractivity contribution is -0.137. The van der Waals surface area contributed by atoms with Gasteiger partial charge in [-0.2, -0.15) is 0 Å². The van der Waals surface area contributed by atoms with Gasteiger partial charge in [0.25, 0.3) is 0 Å². The Bertz CT molecular complexity index is 373. The van der Waals surface area contributed by atoms with E-state index in [1.54, 1.807) is 12.1 Å². The highest BCUT2D eigenvalue weighted by molar-refractivity contribution is 5.82. The maximum absolute atomic E-state index is 11.3. The lowest BCUT2D eigenvalue weighted by Crippen LogP contribution is -2.32. The Morgan fingerprint density at radius 1 is 1.73 bits per heavy atom. The molecule has 1 aromatic rings. The summed E-state index contributed by atoms with van der Waals surface area (Å²) in [5.41, 5.74) is 0. The van der Waals surface area contributed by atoms with E-state index in [1.165, 1.54) is 11.2 Å². The number of rotatable bonds is 3. The quantitative estimate of drug-likeness (QED) is 0.757. The summed E-state index contributed by atoms with van der Waals surface area (Å²) < 4.78 is 5.13. The molecule has 2 rings (SSSR count). The van der Waals surface area contributed by atoms with Crippen LogP contribution < -0.4 is 5.32 Å². The summed E-state index contributed by atoms with van der Waals surface area (Å²) in [6.45, 7) is 0.0295. The average Bonchev–Trinajstić information content (AvgIpc) is 2.75. The zero-order valence-corrected chi connectivity index (χ0v) is 7.84. The number of carboxylic acid groups (broad SMARTS) is 1. The van der Waals surface area contributed by atoms with Crippen molar-refractivity contribution in [3.8, 4) is 0 Å². The van der Waals surface area contributed by atoms with Gasteiger partial charge in [0.05, 0.1) is 12.8 Å². The summed E-state index contributed by atoms with van der Waals surface area (Å²) in [4.78, 5) is 23.0. The van der Waals surface area contributed by atoms with Gasteiger partial charge in [-0.1, -0.05) is 0 Å². The highest BCUT2D eigenvalue weighted by Gasteiger charge is 2.32. The van der Waals surface area contributed by atoms with Crippen LogP contribution in [0.2, 0.25) is 0 Å². The average molecular weight is 210 g/mol. The molecule has 0 radical (unpaired) electrons. The second-order valence-corrected chi connectivity index (χ2v) is 3.29. The molecule has 2 amide bonds. The monoisotopic (exact) mass is 210 g/mol. The van der Waals surface area contributed by atoms with Gasteiger partial charge in [0, 0.05) is 0 Å². The number of nitrogens with one attached hydrogen (secondary N) is 1. The summed E-state index contributed by atoms with van der Waals surface area (Å²) in [5, 5.41) is 11.2. The van der Waals surface area contributed by atoms with Gasteiger partial charge in [-0.25, -0.2) is 4.79 Å². The van der Waals surface area contributed by atoms with Crippen molar-refractivity contribution in [2.75, 3.05) is 13.1 Å². The number of urea groups is 1. The third-order valence-electron chi connectivity index (χ3n) is 2.20. The molecule has 0 aromatic carbocycles. The minimum Gasteiger partial charge on any atom is -0.480 e. The first kappa shape index (κ1) is 9.57. The number of amides is 2. The summed E-state index contributed by atoms with van der Waals surface area (Å²) in [6, 6.07) is 2.84. The van der Waals surface area contributed by atoms with Gasteiger partial charge < -0.3 is 19.7 Å². The number of furan rings is 1. The molecule has 80 valence electrons. The standard InChI is InChI=1S/C9H10N2O4/c12-8(13)5-11-4-6(10-9(11)14)7-2-1-3-15-7/h1-3,6H,4-5H2,(H,10,14)(H,12,13). The largest absolute Gasteiger partial charge is 0.480 e. The van der Waals surface area contributed by atoms with Gasteiger partial charge in [-0.05, 0) is 12.1 Å². The van der Waals surface area contributed by atoms with E-state index < -0.39 is 5.97 Å². The molecule has 0 bridgehead atoms. The van der Waals surface area contributed by atoms with Gasteiger partial charge in [0.15, 0.2) is 0 Å². The molecule has 0 saturated carbocycles. The van der Waals surface area contributed by atoms with Crippen molar-refractivity contribution < 1.29 is 19.1 Å². The van der Waals surface area contributed by atoms with Crippen LogP contribution in [-0.2, 0) is 4.79 Å². The highest BCUT2D eigenvalue weighted by atomic mass is 16.4. The molecule has 15 heavy (non-hydrogen) atoms. The Balaban J connectivity index is 2.04. The Kier molecular flexibility index (Phi) is 2.32. The van der Waals surface area contributed by atoms with E-state index in [0.29, 0.717) is 12.3 Å². The van der Waals surface area contributed by atoms with E-state index in [4.69, 9.17) is 9.52 Å². The van der Waals surface area contributed by atoms with Crippen molar-refractivity contribution in [3.63, 3.8) is 0 Å². The smallest absolute Gasteiger partial charge is 0.323 e. The molecule has 1 saturated heterocycles. The summed E-state index contributed by atoms with van der Waals surface area (Å²) in [7, 11) is 0. The van der Waals surface area contributed by atoms with E-state index in [0.717, 1.165) is 0 Å². The third-order valence-corrected chi connectivity index (χ3v) is 2.20. The number of carbonyl (C=O) groups excluding carboxylic acids is 1. The fourth-order valence-electron chi connectivity index (χ4n) is 1.54. The van der Waals surface area contributed by atoms with Crippen LogP contribution in [0.5, 0.6) is 0 Å². The number of hydrogen-bond acceptors (Lipinski definition) is 3. The second-order valence-electron chi connectivity index (χ2n) is 3.29. The molecule has 1 aliphatic rings. The normalized spacial score (nSPS) is 20.4. The van der Waals surface area contributed by atoms with Gasteiger partial charge >= 0.3 is 12.0 Å². The molecular weight excluding hydrogens is 200 g/mol. The number of nitrogens with zero attached hydrogens (tertiary/aromatic N) is 1. The topological polar surface area (TPSA) is 82.8 Å². The minimum atomic E-state index is -1.02. The number of carboxylic acids is 1. The van der Waals surface area contributed by atoms with Crippen LogP contribution in [0.15, 0.2) is 22.8 Å². The van der Waals surface area contributed by atoms with E-state index in [2.05, 4.69) is 5.32 Å². The first-order valence-electron chi connectivity index (χ1n) is 4.47. The molecule has 1 unspecified atom stereocenters. The van der Waals surface area contributed by atoms with Crippen molar-refractivity contribution in [1.29, 1.82) is 0 Å². The SMILES string of the molecule is O=C(O)CN1CC(c2ccco2)NC1=O. The molecule has 0 aliphatic carbocycles. The minimum absolute atomic E-state index is 0.258. The Hall–Kier alpha value is -1.98. The van der Waals surface area contributed by atoms with Gasteiger partial charge in [0.1, 0.15) is 18.3 Å². The first-order chi connectivity index (χ1) is 7.16. The predicted octanol–water partition coefficient (Wildman–Crippen LogP) is 0.431. The van der Waals surface area contributed by atoms with E-state index in [9.17, 15) is 9.59 Å². The molecule has 6 heteroatoms. The summed E-state index contributed by atoms with van der Waals surface area (Å²) >= 11 is 0. The highest BCUT2D eigenvalue weighted by Crippen LogP contribution is 2.19. The van der Waals surface area contributed by atoms with Crippen LogP contribution in [0, 0.1) is 0 Å². The zero-order valence-electron chi connectivity index (χ0n) is 7.84. The van der Waals surface area contributed by atoms with Crippen molar-refractivity contribution in [2.45, 2.75) is 6.04 Å². The van der Waals surface area contributed by atoms with Crippen LogP contribution in [0.3, 0.4) is 0 Å². The fraction of sp³-hybridized carbons (Fsp3) is 0.333. The Labute approximate surface area is 85.5 Å². The van der Waals surface area contributed by atoms with Crippen LogP contribution >= 0.6 is 0 Å². The number of hydrogen-bond donors (Lipinski definition) is 2. The van der Waals surface area contributed by atoms with E-state index >= 15 is 0 Å².